The number of fused-ring (bicyclic) bond motifs is 1. The summed E-state index contributed by atoms with van der Waals surface area (Å²) in [7, 11) is 0. The molecule has 1 saturated heterocycles. The maximum atomic E-state index is 4.96. The fourth-order valence-electron chi connectivity index (χ4n) is 4.24. The third-order valence-corrected chi connectivity index (χ3v) is 5.92. The summed E-state index contributed by atoms with van der Waals surface area (Å²) < 4.78 is 0. The van der Waals surface area contributed by atoms with Gasteiger partial charge in [-0.25, -0.2) is 4.98 Å². The molecular weight excluding hydrogens is 324 g/mol. The van der Waals surface area contributed by atoms with Gasteiger partial charge < -0.3 is 10.2 Å². The third kappa shape index (κ3) is 3.29. The van der Waals surface area contributed by atoms with E-state index >= 15 is 0 Å². The number of aromatic amines is 1. The van der Waals surface area contributed by atoms with Crippen molar-refractivity contribution in [3.63, 3.8) is 0 Å². The van der Waals surface area contributed by atoms with Gasteiger partial charge in [0.1, 0.15) is 5.82 Å². The molecule has 2 fully saturated rings. The van der Waals surface area contributed by atoms with Crippen LogP contribution in [0.2, 0.25) is 0 Å². The van der Waals surface area contributed by atoms with Gasteiger partial charge in [0.05, 0.1) is 5.69 Å². The number of aryl methyl sites for hydroxylation is 1. The summed E-state index contributed by atoms with van der Waals surface area (Å²) in [5, 5.41) is 11.1. The van der Waals surface area contributed by atoms with Crippen molar-refractivity contribution < 1.29 is 0 Å². The lowest BCUT2D eigenvalue weighted by Gasteiger charge is -2.25. The number of H-pyrrole nitrogens is 1. The topological polar surface area (TPSA) is 69.7 Å². The molecule has 2 N–H and O–H groups in total. The van der Waals surface area contributed by atoms with Crippen molar-refractivity contribution in [1.82, 2.24) is 20.2 Å². The van der Waals surface area contributed by atoms with E-state index in [0.717, 1.165) is 43.5 Å². The van der Waals surface area contributed by atoms with Crippen LogP contribution in [-0.4, -0.2) is 33.3 Å². The summed E-state index contributed by atoms with van der Waals surface area (Å²) in [6.45, 7) is 2.15. The molecule has 2 aliphatic carbocycles. The molecule has 0 radical (unpaired) electrons. The number of nitrogens with zero attached hydrogens (tertiary/aromatic N) is 4. The van der Waals surface area contributed by atoms with Crippen molar-refractivity contribution in [3.05, 3.63) is 23.0 Å². The molecule has 0 bridgehead atoms. The summed E-state index contributed by atoms with van der Waals surface area (Å²) >= 11 is 0. The van der Waals surface area contributed by atoms with E-state index in [1.165, 1.54) is 68.3 Å². The van der Waals surface area contributed by atoms with Crippen molar-refractivity contribution >= 4 is 17.6 Å². The first-order chi connectivity index (χ1) is 12.9. The molecule has 0 amide bonds. The SMILES string of the molecule is c1c(Nc2nc(N3CCCCCCC3)nc3c2CCC3)n[nH]c1C1CC1. The molecule has 0 spiro atoms. The number of hydrogen-bond acceptors (Lipinski definition) is 5. The highest BCUT2D eigenvalue weighted by Gasteiger charge is 2.26. The van der Waals surface area contributed by atoms with E-state index in [0.29, 0.717) is 5.92 Å². The highest BCUT2D eigenvalue weighted by atomic mass is 15.3. The zero-order valence-corrected chi connectivity index (χ0v) is 15.4. The molecular formula is C20H28N6. The summed E-state index contributed by atoms with van der Waals surface area (Å²) in [6, 6.07) is 2.15. The number of aromatic nitrogens is 4. The van der Waals surface area contributed by atoms with E-state index in [1.807, 2.05) is 0 Å². The highest BCUT2D eigenvalue weighted by molar-refractivity contribution is 5.60. The second kappa shape index (κ2) is 6.89. The Morgan fingerprint density at radius 2 is 1.77 bits per heavy atom. The Bertz CT molecular complexity index is 771. The van der Waals surface area contributed by atoms with Crippen molar-refractivity contribution in [2.75, 3.05) is 23.3 Å². The number of anilines is 3. The summed E-state index contributed by atoms with van der Waals surface area (Å²) in [6.07, 6.45) is 12.4. The molecule has 26 heavy (non-hydrogen) atoms. The first-order valence-corrected chi connectivity index (χ1v) is 10.3. The molecule has 6 nitrogen and oxygen atoms in total. The fourth-order valence-corrected chi connectivity index (χ4v) is 4.24. The Morgan fingerprint density at radius 3 is 2.58 bits per heavy atom. The number of rotatable bonds is 4. The van der Waals surface area contributed by atoms with Crippen molar-refractivity contribution in [2.24, 2.45) is 0 Å². The molecule has 5 rings (SSSR count). The van der Waals surface area contributed by atoms with E-state index < -0.39 is 0 Å². The zero-order valence-electron chi connectivity index (χ0n) is 15.4. The lowest BCUT2D eigenvalue weighted by Crippen LogP contribution is -2.29. The monoisotopic (exact) mass is 352 g/mol. The van der Waals surface area contributed by atoms with Gasteiger partial charge in [0.15, 0.2) is 5.82 Å². The van der Waals surface area contributed by atoms with Crippen LogP contribution in [0.3, 0.4) is 0 Å². The average molecular weight is 352 g/mol. The number of hydrogen-bond donors (Lipinski definition) is 2. The molecule has 1 saturated carbocycles. The van der Waals surface area contributed by atoms with E-state index in [-0.39, 0.29) is 0 Å². The van der Waals surface area contributed by atoms with Gasteiger partial charge >= 0.3 is 0 Å². The molecule has 6 heteroatoms. The van der Waals surface area contributed by atoms with Crippen LogP contribution < -0.4 is 10.2 Å². The Morgan fingerprint density at radius 1 is 0.962 bits per heavy atom. The smallest absolute Gasteiger partial charge is 0.227 e. The van der Waals surface area contributed by atoms with E-state index in [1.54, 1.807) is 0 Å². The van der Waals surface area contributed by atoms with Gasteiger partial charge in [-0.2, -0.15) is 10.1 Å². The van der Waals surface area contributed by atoms with E-state index in [9.17, 15) is 0 Å². The quantitative estimate of drug-likeness (QED) is 0.868. The lowest BCUT2D eigenvalue weighted by atomic mass is 10.1. The molecule has 2 aromatic heterocycles. The minimum absolute atomic E-state index is 0.686. The van der Waals surface area contributed by atoms with Gasteiger partial charge in [0.25, 0.3) is 0 Å². The van der Waals surface area contributed by atoms with Gasteiger partial charge in [-0.05, 0) is 44.9 Å². The maximum Gasteiger partial charge on any atom is 0.227 e. The Labute approximate surface area is 154 Å². The zero-order chi connectivity index (χ0) is 17.3. The third-order valence-electron chi connectivity index (χ3n) is 5.92. The largest absolute Gasteiger partial charge is 0.341 e. The highest BCUT2D eigenvalue weighted by Crippen LogP contribution is 2.40. The van der Waals surface area contributed by atoms with Crippen LogP contribution in [0, 0.1) is 0 Å². The molecule has 3 aliphatic rings. The summed E-state index contributed by atoms with van der Waals surface area (Å²) in [4.78, 5) is 12.3. The summed E-state index contributed by atoms with van der Waals surface area (Å²) in [5.41, 5.74) is 3.77. The molecule has 0 aromatic carbocycles. The maximum absolute atomic E-state index is 4.96. The van der Waals surface area contributed by atoms with Crippen LogP contribution in [0.25, 0.3) is 0 Å². The van der Waals surface area contributed by atoms with Crippen LogP contribution >= 0.6 is 0 Å². The Balaban J connectivity index is 1.42. The van der Waals surface area contributed by atoms with E-state index in [4.69, 9.17) is 9.97 Å². The van der Waals surface area contributed by atoms with Gasteiger partial charge in [-0.15, -0.1) is 0 Å². The fraction of sp³-hybridized carbons (Fsp3) is 0.650. The molecule has 0 unspecified atom stereocenters. The first kappa shape index (κ1) is 16.1. The van der Waals surface area contributed by atoms with Gasteiger partial charge in [-0.1, -0.05) is 19.3 Å². The number of nitrogens with one attached hydrogen (secondary N) is 2. The molecule has 0 atom stereocenters. The minimum Gasteiger partial charge on any atom is -0.341 e. The van der Waals surface area contributed by atoms with Crippen LogP contribution in [0.5, 0.6) is 0 Å². The van der Waals surface area contributed by atoms with Gasteiger partial charge in [0.2, 0.25) is 5.95 Å². The molecule has 3 heterocycles. The normalized spacial score (nSPS) is 20.5. The standard InChI is InChI=1S/C20H28N6/c1-2-4-11-26(12-5-3-1)20-21-16-8-6-7-15(16)19(23-20)22-18-13-17(24-25-18)14-9-10-14/h13-14H,1-12H2,(H2,21,22,23,24,25). The predicted molar refractivity (Wildman–Crippen MR) is 103 cm³/mol. The van der Waals surface area contributed by atoms with E-state index in [2.05, 4.69) is 26.5 Å². The second-order valence-corrected chi connectivity index (χ2v) is 8.01. The van der Waals surface area contributed by atoms with Crippen molar-refractivity contribution in [3.8, 4) is 0 Å². The minimum atomic E-state index is 0.686. The molecule has 138 valence electrons. The second-order valence-electron chi connectivity index (χ2n) is 8.01. The van der Waals surface area contributed by atoms with Crippen LogP contribution in [-0.2, 0) is 12.8 Å². The molecule has 1 aliphatic heterocycles. The summed E-state index contributed by atoms with van der Waals surface area (Å²) in [5.74, 6) is 3.45. The Kier molecular flexibility index (Phi) is 4.27. The van der Waals surface area contributed by atoms with Crippen molar-refractivity contribution in [2.45, 2.75) is 70.1 Å². The first-order valence-electron chi connectivity index (χ1n) is 10.3. The van der Waals surface area contributed by atoms with Crippen molar-refractivity contribution in [1.29, 1.82) is 0 Å². The lowest BCUT2D eigenvalue weighted by molar-refractivity contribution is 0.550. The van der Waals surface area contributed by atoms with Gasteiger partial charge in [-0.3, -0.25) is 5.10 Å². The molecule has 2 aromatic rings. The predicted octanol–water partition coefficient (Wildman–Crippen LogP) is 4.08. The van der Waals surface area contributed by atoms with Crippen LogP contribution in [0.15, 0.2) is 6.07 Å². The average Bonchev–Trinajstić information content (AvgIpc) is 3.16. The van der Waals surface area contributed by atoms with Crippen LogP contribution in [0.1, 0.15) is 74.2 Å². The van der Waals surface area contributed by atoms with Crippen LogP contribution in [0.4, 0.5) is 17.6 Å². The Hall–Kier alpha value is -2.11. The van der Waals surface area contributed by atoms with Gasteiger partial charge in [0, 0.05) is 36.3 Å².